The lowest BCUT2D eigenvalue weighted by Crippen LogP contribution is -2.42. The molecule has 0 spiro atoms. The Hall–Kier alpha value is -0.820. The van der Waals surface area contributed by atoms with Crippen molar-refractivity contribution in [3.63, 3.8) is 0 Å². The molecule has 2 fully saturated rings. The molecule has 2 rings (SSSR count). The van der Waals surface area contributed by atoms with Crippen LogP contribution in [0.4, 0.5) is 4.79 Å². The number of hydrogen-bond donors (Lipinski definition) is 1. The first kappa shape index (κ1) is 15.6. The summed E-state index contributed by atoms with van der Waals surface area (Å²) >= 11 is 0. The lowest BCUT2D eigenvalue weighted by Gasteiger charge is -2.26. The van der Waals surface area contributed by atoms with Crippen LogP contribution < -0.4 is 4.72 Å². The number of hydrogen-bond acceptors (Lipinski definition) is 4. The number of carbonyl (C=O) groups excluding carboxylic acids is 1. The molecule has 1 heterocycles. The van der Waals surface area contributed by atoms with E-state index in [1.807, 2.05) is 27.7 Å². The lowest BCUT2D eigenvalue weighted by atomic mass is 10.2. The van der Waals surface area contributed by atoms with Gasteiger partial charge in [-0.25, -0.2) is 17.9 Å². The summed E-state index contributed by atoms with van der Waals surface area (Å²) < 4.78 is 31.9. The normalized spacial score (nSPS) is 27.7. The van der Waals surface area contributed by atoms with Gasteiger partial charge in [0.15, 0.2) is 0 Å². The van der Waals surface area contributed by atoms with Crippen molar-refractivity contribution in [3.8, 4) is 0 Å². The van der Waals surface area contributed by atoms with Crippen LogP contribution >= 0.6 is 0 Å². The van der Waals surface area contributed by atoms with Gasteiger partial charge in [0.25, 0.3) is 0 Å². The average molecular weight is 304 g/mol. The van der Waals surface area contributed by atoms with Gasteiger partial charge in [-0.15, -0.1) is 0 Å². The summed E-state index contributed by atoms with van der Waals surface area (Å²) in [5.74, 6) is 0. The van der Waals surface area contributed by atoms with Gasteiger partial charge >= 0.3 is 6.09 Å². The summed E-state index contributed by atoms with van der Waals surface area (Å²) in [6.07, 6.45) is 1.74. The van der Waals surface area contributed by atoms with E-state index >= 15 is 0 Å². The van der Waals surface area contributed by atoms with Gasteiger partial charge in [-0.05, 0) is 47.0 Å². The van der Waals surface area contributed by atoms with Gasteiger partial charge in [-0.2, -0.15) is 0 Å². The van der Waals surface area contributed by atoms with E-state index in [0.29, 0.717) is 13.0 Å². The molecule has 1 N–H and O–H groups in total. The van der Waals surface area contributed by atoms with Crippen LogP contribution in [0, 0.1) is 0 Å². The summed E-state index contributed by atoms with van der Waals surface area (Å²) in [4.78, 5) is 13.7. The maximum atomic E-state index is 12.1. The highest BCUT2D eigenvalue weighted by molar-refractivity contribution is 7.90. The number of carbonyl (C=O) groups is 1. The van der Waals surface area contributed by atoms with E-state index in [1.54, 1.807) is 4.90 Å². The second-order valence-electron chi connectivity index (χ2n) is 6.78. The van der Waals surface area contributed by atoms with Crippen LogP contribution in [-0.4, -0.2) is 48.9 Å². The molecule has 1 aliphatic carbocycles. The Kier molecular flexibility index (Phi) is 4.03. The number of sulfonamides is 1. The predicted octanol–water partition coefficient (Wildman–Crippen LogP) is 1.47. The molecule has 0 aromatic rings. The van der Waals surface area contributed by atoms with Crippen molar-refractivity contribution in [2.75, 3.05) is 6.54 Å². The first-order chi connectivity index (χ1) is 9.08. The molecule has 0 unspecified atom stereocenters. The van der Waals surface area contributed by atoms with E-state index in [9.17, 15) is 13.2 Å². The number of amides is 1. The second-order valence-corrected chi connectivity index (χ2v) is 8.77. The van der Waals surface area contributed by atoms with Crippen LogP contribution in [0.1, 0.15) is 47.0 Å². The SMILES string of the molecule is C[C@@H]1C[C@H](NS(=O)(=O)C2CC2)CN1C(=O)OC(C)(C)C. The van der Waals surface area contributed by atoms with E-state index < -0.39 is 15.6 Å². The third-order valence-corrected chi connectivity index (χ3v) is 5.51. The quantitative estimate of drug-likeness (QED) is 0.856. The molecule has 1 saturated carbocycles. The molecule has 0 aromatic heterocycles. The molecule has 6 nitrogen and oxygen atoms in total. The molecule has 20 heavy (non-hydrogen) atoms. The fraction of sp³-hybridized carbons (Fsp3) is 0.923. The Bertz CT molecular complexity index is 479. The van der Waals surface area contributed by atoms with Crippen molar-refractivity contribution in [2.24, 2.45) is 0 Å². The maximum Gasteiger partial charge on any atom is 0.410 e. The van der Waals surface area contributed by atoms with Crippen LogP contribution in [0.3, 0.4) is 0 Å². The zero-order valence-corrected chi connectivity index (χ0v) is 13.4. The monoisotopic (exact) mass is 304 g/mol. The summed E-state index contributed by atoms with van der Waals surface area (Å²) in [6.45, 7) is 7.74. The molecule has 1 aliphatic heterocycles. The largest absolute Gasteiger partial charge is 0.444 e. The Balaban J connectivity index is 1.93. The van der Waals surface area contributed by atoms with Crippen molar-refractivity contribution in [2.45, 2.75) is 69.9 Å². The summed E-state index contributed by atoms with van der Waals surface area (Å²) in [6, 6.07) is -0.222. The van der Waals surface area contributed by atoms with Crippen LogP contribution in [0.5, 0.6) is 0 Å². The fourth-order valence-electron chi connectivity index (χ4n) is 2.40. The van der Waals surface area contributed by atoms with E-state index in [0.717, 1.165) is 12.8 Å². The van der Waals surface area contributed by atoms with E-state index in [2.05, 4.69) is 4.72 Å². The molecule has 1 saturated heterocycles. The van der Waals surface area contributed by atoms with Gasteiger partial charge < -0.3 is 9.64 Å². The molecule has 0 aromatic carbocycles. The van der Waals surface area contributed by atoms with Crippen LogP contribution in [0.25, 0.3) is 0 Å². The summed E-state index contributed by atoms with van der Waals surface area (Å²) in [7, 11) is -3.21. The van der Waals surface area contributed by atoms with E-state index in [1.165, 1.54) is 0 Å². The van der Waals surface area contributed by atoms with Gasteiger partial charge in [0, 0.05) is 18.6 Å². The van der Waals surface area contributed by atoms with Crippen molar-refractivity contribution in [1.29, 1.82) is 0 Å². The number of ether oxygens (including phenoxy) is 1. The third-order valence-electron chi connectivity index (χ3n) is 3.50. The average Bonchev–Trinajstić information content (AvgIpc) is 3.02. The molecule has 1 amide bonds. The van der Waals surface area contributed by atoms with E-state index in [4.69, 9.17) is 4.74 Å². The topological polar surface area (TPSA) is 75.7 Å². The number of rotatable bonds is 3. The number of likely N-dealkylation sites (tertiary alicyclic amines) is 1. The molecule has 2 atom stereocenters. The maximum absolute atomic E-state index is 12.1. The molecule has 116 valence electrons. The highest BCUT2D eigenvalue weighted by Gasteiger charge is 2.41. The highest BCUT2D eigenvalue weighted by Crippen LogP contribution is 2.29. The van der Waals surface area contributed by atoms with Gasteiger partial charge in [-0.3, -0.25) is 0 Å². The summed E-state index contributed by atoms with van der Waals surface area (Å²) in [5.41, 5.74) is -0.539. The van der Waals surface area contributed by atoms with Crippen molar-refractivity contribution >= 4 is 16.1 Å². The highest BCUT2D eigenvalue weighted by atomic mass is 32.2. The van der Waals surface area contributed by atoms with Crippen molar-refractivity contribution in [3.05, 3.63) is 0 Å². The van der Waals surface area contributed by atoms with Crippen LogP contribution in [0.2, 0.25) is 0 Å². The van der Waals surface area contributed by atoms with Crippen LogP contribution in [0.15, 0.2) is 0 Å². The first-order valence-electron chi connectivity index (χ1n) is 7.09. The number of nitrogens with one attached hydrogen (secondary N) is 1. The number of nitrogens with zero attached hydrogens (tertiary/aromatic N) is 1. The minimum Gasteiger partial charge on any atom is -0.444 e. The standard InChI is InChI=1S/C13H24N2O4S/c1-9-7-10(14-20(17,18)11-5-6-11)8-15(9)12(16)19-13(2,3)4/h9-11,14H,5-8H2,1-4H3/t9-,10+/m1/s1. The zero-order valence-electron chi connectivity index (χ0n) is 12.5. The zero-order chi connectivity index (χ0) is 15.1. The Morgan fingerprint density at radius 2 is 1.90 bits per heavy atom. The summed E-state index contributed by atoms with van der Waals surface area (Å²) in [5, 5.41) is -0.228. The van der Waals surface area contributed by atoms with Gasteiger partial charge in [0.1, 0.15) is 5.60 Å². The molecule has 2 aliphatic rings. The smallest absolute Gasteiger partial charge is 0.410 e. The Morgan fingerprint density at radius 1 is 1.30 bits per heavy atom. The van der Waals surface area contributed by atoms with Gasteiger partial charge in [0.05, 0.1) is 5.25 Å². The van der Waals surface area contributed by atoms with Crippen LogP contribution in [-0.2, 0) is 14.8 Å². The van der Waals surface area contributed by atoms with Crippen molar-refractivity contribution in [1.82, 2.24) is 9.62 Å². The fourth-order valence-corrected chi connectivity index (χ4v) is 3.98. The first-order valence-corrected chi connectivity index (χ1v) is 8.64. The molecular formula is C13H24N2O4S. The predicted molar refractivity (Wildman–Crippen MR) is 75.9 cm³/mol. The van der Waals surface area contributed by atoms with Crippen molar-refractivity contribution < 1.29 is 17.9 Å². The lowest BCUT2D eigenvalue weighted by molar-refractivity contribution is 0.0236. The van der Waals surface area contributed by atoms with E-state index in [-0.39, 0.29) is 23.4 Å². The second kappa shape index (κ2) is 5.18. The molecule has 7 heteroatoms. The Morgan fingerprint density at radius 3 is 2.40 bits per heavy atom. The van der Waals surface area contributed by atoms with Gasteiger partial charge in [0.2, 0.25) is 10.0 Å². The minimum absolute atomic E-state index is 0.0169. The minimum atomic E-state index is -3.21. The van der Waals surface area contributed by atoms with Gasteiger partial charge in [-0.1, -0.05) is 0 Å². The Labute approximate surface area is 120 Å². The molecule has 0 bridgehead atoms. The molecular weight excluding hydrogens is 280 g/mol. The third kappa shape index (κ3) is 3.85. The molecule has 0 radical (unpaired) electrons.